The van der Waals surface area contributed by atoms with Gasteiger partial charge in [-0.15, -0.1) is 0 Å². The van der Waals surface area contributed by atoms with E-state index in [0.717, 1.165) is 5.56 Å². The number of nitrogens with zero attached hydrogens (tertiary/aromatic N) is 4. The number of carbonyl (C=O) groups excluding carboxylic acids is 1. The van der Waals surface area contributed by atoms with E-state index in [0.29, 0.717) is 35.9 Å². The summed E-state index contributed by atoms with van der Waals surface area (Å²) in [5.41, 5.74) is 1.90. The predicted molar refractivity (Wildman–Crippen MR) is 89.5 cm³/mol. The maximum absolute atomic E-state index is 12.4. The topological polar surface area (TPSA) is 83.0 Å². The maximum Gasteiger partial charge on any atom is 0.253 e. The predicted octanol–water partition coefficient (Wildman–Crippen LogP) is 2.85. The van der Waals surface area contributed by atoms with Gasteiger partial charge in [0.15, 0.2) is 0 Å². The van der Waals surface area contributed by atoms with Crippen LogP contribution in [0.15, 0.2) is 59.1 Å². The summed E-state index contributed by atoms with van der Waals surface area (Å²) in [4.78, 5) is 18.6. The Kier molecular flexibility index (Phi) is 3.75. The van der Waals surface area contributed by atoms with Crippen molar-refractivity contribution in [2.75, 3.05) is 13.1 Å². The molecule has 0 N–H and O–H groups in total. The minimum atomic E-state index is -0.0869. The average molecular weight is 330 g/mol. The minimum Gasteiger partial charge on any atom is -0.339 e. The maximum atomic E-state index is 12.4. The van der Waals surface area contributed by atoms with Crippen molar-refractivity contribution in [3.63, 3.8) is 0 Å². The number of likely N-dealkylation sites (tertiary alicyclic amines) is 1. The van der Waals surface area contributed by atoms with Crippen LogP contribution in [0.3, 0.4) is 0 Å². The molecule has 3 aromatic rings. The van der Waals surface area contributed by atoms with Crippen molar-refractivity contribution in [2.24, 2.45) is 0 Å². The number of rotatable bonds is 3. The number of amides is 1. The third-order valence-electron chi connectivity index (χ3n) is 4.23. The van der Waals surface area contributed by atoms with Gasteiger partial charge in [0, 0.05) is 24.2 Å². The van der Waals surface area contributed by atoms with Crippen LogP contribution in [0.25, 0.3) is 11.4 Å². The summed E-state index contributed by atoms with van der Waals surface area (Å²) < 4.78 is 5.35. The zero-order valence-electron chi connectivity index (χ0n) is 13.3. The van der Waals surface area contributed by atoms with E-state index in [1.807, 2.05) is 36.4 Å². The summed E-state index contributed by atoms with van der Waals surface area (Å²) >= 11 is 0. The largest absolute Gasteiger partial charge is 0.339 e. The molecule has 0 saturated carbocycles. The number of benzene rings is 2. The van der Waals surface area contributed by atoms with Gasteiger partial charge in [0.25, 0.3) is 5.91 Å². The van der Waals surface area contributed by atoms with Crippen molar-refractivity contribution in [1.82, 2.24) is 15.0 Å². The summed E-state index contributed by atoms with van der Waals surface area (Å²) in [5.74, 6) is 1.07. The smallest absolute Gasteiger partial charge is 0.253 e. The molecular weight excluding hydrogens is 316 g/mol. The minimum absolute atomic E-state index is 0.0491. The second-order valence-electron chi connectivity index (χ2n) is 5.92. The molecular formula is C19H14N4O2. The number of carbonyl (C=O) groups is 1. The Bertz CT molecular complexity index is 953. The number of aromatic nitrogens is 2. The molecule has 6 nitrogen and oxygen atoms in total. The van der Waals surface area contributed by atoms with E-state index in [9.17, 15) is 4.79 Å². The van der Waals surface area contributed by atoms with Crippen LogP contribution in [-0.2, 0) is 0 Å². The van der Waals surface area contributed by atoms with Crippen LogP contribution in [0.1, 0.15) is 27.7 Å². The molecule has 0 atom stereocenters. The SMILES string of the molecule is N#Cc1cccc(C(=O)N2CC(c3nc(-c4ccccc4)no3)C2)c1. The molecule has 4 rings (SSSR count). The Morgan fingerprint density at radius 3 is 2.72 bits per heavy atom. The first-order chi connectivity index (χ1) is 12.2. The van der Waals surface area contributed by atoms with Crippen molar-refractivity contribution >= 4 is 5.91 Å². The second-order valence-corrected chi connectivity index (χ2v) is 5.92. The second kappa shape index (κ2) is 6.21. The first-order valence-corrected chi connectivity index (χ1v) is 7.93. The summed E-state index contributed by atoms with van der Waals surface area (Å²) in [6.45, 7) is 1.07. The van der Waals surface area contributed by atoms with Crippen LogP contribution in [-0.4, -0.2) is 34.0 Å². The Morgan fingerprint density at radius 1 is 1.16 bits per heavy atom. The zero-order chi connectivity index (χ0) is 17.2. The molecule has 1 amide bonds. The highest BCUT2D eigenvalue weighted by Crippen LogP contribution is 2.28. The van der Waals surface area contributed by atoms with Crippen LogP contribution in [0.4, 0.5) is 0 Å². The van der Waals surface area contributed by atoms with Crippen molar-refractivity contribution in [3.05, 3.63) is 71.6 Å². The van der Waals surface area contributed by atoms with Crippen molar-refractivity contribution in [2.45, 2.75) is 5.92 Å². The molecule has 2 aromatic carbocycles. The fraction of sp³-hybridized carbons (Fsp3) is 0.158. The summed E-state index contributed by atoms with van der Waals surface area (Å²) in [6, 6.07) is 18.4. The molecule has 2 heterocycles. The van der Waals surface area contributed by atoms with Gasteiger partial charge in [0.1, 0.15) is 0 Å². The van der Waals surface area contributed by atoms with Crippen LogP contribution in [0.2, 0.25) is 0 Å². The van der Waals surface area contributed by atoms with Gasteiger partial charge in [0.2, 0.25) is 11.7 Å². The molecule has 0 unspecified atom stereocenters. The zero-order valence-corrected chi connectivity index (χ0v) is 13.3. The van der Waals surface area contributed by atoms with E-state index < -0.39 is 0 Å². The van der Waals surface area contributed by atoms with E-state index in [-0.39, 0.29) is 11.8 Å². The number of hydrogen-bond donors (Lipinski definition) is 0. The third-order valence-corrected chi connectivity index (χ3v) is 4.23. The highest BCUT2D eigenvalue weighted by atomic mass is 16.5. The van der Waals surface area contributed by atoms with Crippen LogP contribution in [0.5, 0.6) is 0 Å². The van der Waals surface area contributed by atoms with E-state index in [1.54, 1.807) is 29.2 Å². The van der Waals surface area contributed by atoms with Crippen molar-refractivity contribution in [1.29, 1.82) is 5.26 Å². The van der Waals surface area contributed by atoms with Crippen LogP contribution < -0.4 is 0 Å². The fourth-order valence-electron chi connectivity index (χ4n) is 2.81. The standard InChI is InChI=1S/C19H14N4O2/c20-10-13-5-4-8-15(9-13)19(24)23-11-16(12-23)18-21-17(22-25-18)14-6-2-1-3-7-14/h1-9,16H,11-12H2. The van der Waals surface area contributed by atoms with Gasteiger partial charge in [-0.3, -0.25) is 4.79 Å². The lowest BCUT2D eigenvalue weighted by atomic mass is 9.98. The molecule has 1 aliphatic rings. The van der Waals surface area contributed by atoms with Gasteiger partial charge < -0.3 is 9.42 Å². The lowest BCUT2D eigenvalue weighted by molar-refractivity contribution is 0.0569. The molecule has 6 heteroatoms. The Balaban J connectivity index is 1.43. The third kappa shape index (κ3) is 2.88. The summed E-state index contributed by atoms with van der Waals surface area (Å²) in [5, 5.41) is 13.0. The normalized spacial score (nSPS) is 14.0. The van der Waals surface area contributed by atoms with Gasteiger partial charge in [-0.2, -0.15) is 10.2 Å². The quantitative estimate of drug-likeness (QED) is 0.737. The lowest BCUT2D eigenvalue weighted by Gasteiger charge is -2.37. The molecule has 25 heavy (non-hydrogen) atoms. The molecule has 0 aliphatic carbocycles. The van der Waals surface area contributed by atoms with Gasteiger partial charge >= 0.3 is 0 Å². The Hall–Kier alpha value is -3.46. The first-order valence-electron chi connectivity index (χ1n) is 7.93. The fourth-order valence-corrected chi connectivity index (χ4v) is 2.81. The number of nitriles is 1. The molecule has 1 saturated heterocycles. The lowest BCUT2D eigenvalue weighted by Crippen LogP contribution is -2.48. The molecule has 1 aliphatic heterocycles. The van der Waals surface area contributed by atoms with Gasteiger partial charge in [-0.25, -0.2) is 0 Å². The molecule has 1 aromatic heterocycles. The highest BCUT2D eigenvalue weighted by Gasteiger charge is 2.36. The Labute approximate surface area is 144 Å². The van der Waals surface area contributed by atoms with Crippen LogP contribution in [0, 0.1) is 11.3 Å². The molecule has 0 radical (unpaired) electrons. The van der Waals surface area contributed by atoms with Gasteiger partial charge in [0.05, 0.1) is 17.6 Å². The number of hydrogen-bond acceptors (Lipinski definition) is 5. The molecule has 0 bridgehead atoms. The summed E-state index contributed by atoms with van der Waals surface area (Å²) in [6.07, 6.45) is 0. The van der Waals surface area contributed by atoms with E-state index in [1.165, 1.54) is 0 Å². The van der Waals surface area contributed by atoms with E-state index in [2.05, 4.69) is 10.1 Å². The highest BCUT2D eigenvalue weighted by molar-refractivity contribution is 5.95. The molecule has 1 fully saturated rings. The monoisotopic (exact) mass is 330 g/mol. The van der Waals surface area contributed by atoms with Gasteiger partial charge in [-0.1, -0.05) is 41.6 Å². The van der Waals surface area contributed by atoms with Crippen molar-refractivity contribution in [3.8, 4) is 17.5 Å². The molecule has 122 valence electrons. The average Bonchev–Trinajstić information content (AvgIpc) is 3.11. The van der Waals surface area contributed by atoms with Crippen molar-refractivity contribution < 1.29 is 9.32 Å². The van der Waals surface area contributed by atoms with Gasteiger partial charge in [-0.05, 0) is 18.2 Å². The Morgan fingerprint density at radius 2 is 1.96 bits per heavy atom. The first kappa shape index (κ1) is 15.1. The molecule has 0 spiro atoms. The van der Waals surface area contributed by atoms with Crippen LogP contribution >= 0.6 is 0 Å². The van der Waals surface area contributed by atoms with E-state index in [4.69, 9.17) is 9.78 Å². The van der Waals surface area contributed by atoms with E-state index >= 15 is 0 Å². The summed E-state index contributed by atoms with van der Waals surface area (Å²) in [7, 11) is 0.